The molecule has 2 aliphatic heterocycles. The number of nitrogens with one attached hydrogen (secondary N) is 3. The molecule has 19 nitrogen and oxygen atoms in total. The summed E-state index contributed by atoms with van der Waals surface area (Å²) in [6.07, 6.45) is 8.96. The third-order valence-corrected chi connectivity index (χ3v) is 14.3. The van der Waals surface area contributed by atoms with Gasteiger partial charge in [-0.15, -0.1) is 0 Å². The SMILES string of the molecule is CC.CC(=O)C1CCCC1.CC(C)(C)OC(=O)N[C@H](CCc1ccccc1)C(=O)N1CCC[C@H]1C(=O)O.CC(C)(C)OC(=O)N[C@H](CCc1ccccc1)C(=O)O.N[C@H](CCc1ccccc1)C(=O)N1CCC[C@H]1C(=O)NCc1cc(Cl)ccc1O. The van der Waals surface area contributed by atoms with Gasteiger partial charge in [0.05, 0.1) is 6.04 Å². The fourth-order valence-corrected chi connectivity index (χ4v) is 9.94. The number of hydrogen-bond acceptors (Lipinski definition) is 12. The number of Topliss-reactive ketones (excluding diaryl/α,β-unsaturated/α-hetero) is 1. The van der Waals surface area contributed by atoms with Gasteiger partial charge in [-0.25, -0.2) is 19.2 Å². The Morgan fingerprint density at radius 2 is 1.03 bits per heavy atom. The molecule has 8 N–H and O–H groups in total. The van der Waals surface area contributed by atoms with E-state index in [1.54, 1.807) is 65.5 Å². The summed E-state index contributed by atoms with van der Waals surface area (Å²) in [5.74, 6) is -2.00. The van der Waals surface area contributed by atoms with Gasteiger partial charge in [0.15, 0.2) is 0 Å². The van der Waals surface area contributed by atoms with Gasteiger partial charge in [-0.3, -0.25) is 19.2 Å². The number of nitrogens with zero attached hydrogens (tertiary/aromatic N) is 2. The van der Waals surface area contributed by atoms with Crippen LogP contribution in [-0.4, -0.2) is 127 Å². The monoisotopic (exact) mass is 1210 g/mol. The molecule has 3 fully saturated rings. The molecule has 0 spiro atoms. The maximum atomic E-state index is 13.0. The van der Waals surface area contributed by atoms with E-state index in [1.807, 2.05) is 105 Å². The highest BCUT2D eigenvalue weighted by atomic mass is 35.5. The number of carbonyl (C=O) groups is 8. The van der Waals surface area contributed by atoms with Crippen molar-refractivity contribution in [3.63, 3.8) is 0 Å². The summed E-state index contributed by atoms with van der Waals surface area (Å²) in [6.45, 7) is 17.2. The minimum absolute atomic E-state index is 0.0667. The number of ether oxygens (including phenoxy) is 2. The number of carbonyl (C=O) groups excluding carboxylic acids is 6. The Hall–Kier alpha value is -7.51. The number of aryl methyl sites for hydroxylation is 3. The van der Waals surface area contributed by atoms with Crippen molar-refractivity contribution in [1.82, 2.24) is 25.8 Å². The molecule has 4 aromatic carbocycles. The van der Waals surface area contributed by atoms with Crippen LogP contribution in [0.25, 0.3) is 0 Å². The van der Waals surface area contributed by atoms with Gasteiger partial charge in [0, 0.05) is 36.1 Å². The van der Waals surface area contributed by atoms with Gasteiger partial charge >= 0.3 is 24.1 Å². The zero-order valence-electron chi connectivity index (χ0n) is 51.7. The second-order valence-electron chi connectivity index (χ2n) is 23.2. The lowest BCUT2D eigenvalue weighted by molar-refractivity contribution is -0.149. The standard InChI is InChI=1S/C22H26ClN3O3.C20H28N2O5.C15H21NO4.C7H12O.C2H6/c23-17-9-11-20(27)16(13-17)14-25-21(28)19-7-4-12-26(19)22(29)18(24)10-8-15-5-2-1-3-6-15;1-20(2,3)27-19(26)21-15(12-11-14-8-5-4-6-9-14)17(23)22-13-7-10-16(22)18(24)25;1-15(2,3)20-14(19)16-12(13(17)18)10-9-11-7-5-4-6-8-11;1-6(8)7-4-2-3-5-7;1-2/h1-3,5-6,9,11,13,18-19,27H,4,7-8,10,12,14,24H2,(H,25,28);4-6,8-9,15-16H,7,10-13H2,1-3H3,(H,21,26)(H,24,25);4-8,12H,9-10H2,1-3H3,(H,16,19)(H,17,18);7H,2-5H2,1H3;1-2H3/t18-,19+;15-,16+;12-;;/m111../s1. The molecule has 7 rings (SSSR count). The van der Waals surface area contributed by atoms with Crippen molar-refractivity contribution in [3.8, 4) is 5.75 Å². The highest BCUT2D eigenvalue weighted by molar-refractivity contribution is 6.30. The van der Waals surface area contributed by atoms with E-state index in [4.69, 9.17) is 31.9 Å². The van der Waals surface area contributed by atoms with Crippen LogP contribution in [0.15, 0.2) is 109 Å². The molecule has 0 aromatic heterocycles. The van der Waals surface area contributed by atoms with Crippen LogP contribution in [0.1, 0.15) is 155 Å². The smallest absolute Gasteiger partial charge is 0.408 e. The molecule has 5 atom stereocenters. The predicted octanol–water partition coefficient (Wildman–Crippen LogP) is 10.6. The highest BCUT2D eigenvalue weighted by Crippen LogP contribution is 2.26. The number of ketones is 1. The number of carboxylic acids is 2. The summed E-state index contributed by atoms with van der Waals surface area (Å²) in [5.41, 5.74) is 8.54. The molecule has 1 aliphatic carbocycles. The van der Waals surface area contributed by atoms with E-state index in [2.05, 4.69) is 16.0 Å². The topological polar surface area (TPSA) is 284 Å². The molecule has 4 aromatic rings. The summed E-state index contributed by atoms with van der Waals surface area (Å²) >= 11 is 5.94. The van der Waals surface area contributed by atoms with Crippen LogP contribution in [0.2, 0.25) is 5.02 Å². The number of halogens is 1. The van der Waals surface area contributed by atoms with Crippen molar-refractivity contribution < 1.29 is 63.1 Å². The Balaban J connectivity index is 0.000000316. The zero-order valence-corrected chi connectivity index (χ0v) is 52.4. The van der Waals surface area contributed by atoms with Crippen LogP contribution in [0, 0.1) is 5.92 Å². The molecule has 2 heterocycles. The Bertz CT molecular complexity index is 2750. The summed E-state index contributed by atoms with van der Waals surface area (Å²) in [5, 5.41) is 36.7. The lowest BCUT2D eigenvalue weighted by Crippen LogP contribution is -2.52. The first-order chi connectivity index (χ1) is 40.7. The third-order valence-electron chi connectivity index (χ3n) is 14.1. The van der Waals surface area contributed by atoms with Crippen LogP contribution in [0.3, 0.4) is 0 Å². The van der Waals surface area contributed by atoms with Crippen LogP contribution in [0.4, 0.5) is 9.59 Å². The Morgan fingerprint density at radius 1 is 0.605 bits per heavy atom. The lowest BCUT2D eigenvalue weighted by Gasteiger charge is -2.28. The van der Waals surface area contributed by atoms with Gasteiger partial charge in [-0.2, -0.15) is 0 Å². The van der Waals surface area contributed by atoms with E-state index in [1.165, 1.54) is 23.8 Å². The van der Waals surface area contributed by atoms with E-state index in [0.717, 1.165) is 36.0 Å². The van der Waals surface area contributed by atoms with Crippen LogP contribution >= 0.6 is 11.6 Å². The Kier molecular flexibility index (Phi) is 31.4. The molecular weight excluding hydrogens is 1120 g/mol. The number of rotatable bonds is 19. The number of benzene rings is 4. The molecule has 2 saturated heterocycles. The van der Waals surface area contributed by atoms with E-state index < -0.39 is 65.5 Å². The predicted molar refractivity (Wildman–Crippen MR) is 332 cm³/mol. The van der Waals surface area contributed by atoms with Gasteiger partial charge in [-0.05, 0) is 160 Å². The van der Waals surface area contributed by atoms with Crippen LogP contribution < -0.4 is 21.7 Å². The fourth-order valence-electron chi connectivity index (χ4n) is 9.75. The molecule has 0 unspecified atom stereocenters. The Labute approximate surface area is 513 Å². The Morgan fingerprint density at radius 3 is 1.47 bits per heavy atom. The summed E-state index contributed by atoms with van der Waals surface area (Å²) in [4.78, 5) is 98.4. The van der Waals surface area contributed by atoms with Gasteiger partial charge < -0.3 is 56.3 Å². The highest BCUT2D eigenvalue weighted by Gasteiger charge is 2.39. The molecule has 1 saturated carbocycles. The van der Waals surface area contributed by atoms with E-state index in [0.29, 0.717) is 93.2 Å². The summed E-state index contributed by atoms with van der Waals surface area (Å²) in [6, 6.07) is 29.9. The van der Waals surface area contributed by atoms with E-state index in [9.17, 15) is 48.6 Å². The van der Waals surface area contributed by atoms with Gasteiger partial charge in [0.25, 0.3) is 0 Å². The minimum Gasteiger partial charge on any atom is -0.508 e. The number of nitrogens with two attached hydrogens (primary N) is 1. The van der Waals surface area contributed by atoms with Crippen LogP contribution in [-0.2, 0) is 64.0 Å². The molecule has 86 heavy (non-hydrogen) atoms. The summed E-state index contributed by atoms with van der Waals surface area (Å²) < 4.78 is 10.3. The number of amides is 5. The quantitative estimate of drug-likeness (QED) is 0.0460. The first kappa shape index (κ1) is 72.7. The molecule has 5 amide bonds. The van der Waals surface area contributed by atoms with E-state index in [-0.39, 0.29) is 30.0 Å². The van der Waals surface area contributed by atoms with Crippen molar-refractivity contribution in [3.05, 3.63) is 136 Å². The van der Waals surface area contributed by atoms with Gasteiger partial charge in [0.2, 0.25) is 17.7 Å². The van der Waals surface area contributed by atoms with Crippen molar-refractivity contribution in [2.24, 2.45) is 11.7 Å². The number of phenols is 1. The average Bonchev–Trinajstić information content (AvgIpc) is 3.40. The number of alkyl carbamates (subject to hydrolysis) is 2. The molecule has 20 heteroatoms. The average molecular weight is 1210 g/mol. The first-order valence-electron chi connectivity index (χ1n) is 29.9. The van der Waals surface area contributed by atoms with Crippen molar-refractivity contribution in [2.45, 2.75) is 200 Å². The second-order valence-corrected chi connectivity index (χ2v) is 23.7. The number of likely N-dealkylation sites (tertiary alicyclic amines) is 2. The van der Waals surface area contributed by atoms with Gasteiger partial charge in [-0.1, -0.05) is 129 Å². The normalized spacial score (nSPS) is 16.5. The summed E-state index contributed by atoms with van der Waals surface area (Å²) in [7, 11) is 0. The molecular formula is C66H93ClN6O13. The number of aromatic hydroxyl groups is 1. The van der Waals surface area contributed by atoms with Crippen molar-refractivity contribution in [2.75, 3.05) is 13.1 Å². The largest absolute Gasteiger partial charge is 0.508 e. The molecule has 0 bridgehead atoms. The number of aliphatic carboxylic acids is 2. The first-order valence-corrected chi connectivity index (χ1v) is 30.3. The maximum absolute atomic E-state index is 13.0. The van der Waals surface area contributed by atoms with E-state index >= 15 is 0 Å². The minimum atomic E-state index is -1.06. The molecule has 0 radical (unpaired) electrons. The number of phenolic OH excluding ortho intramolecular Hbond substituents is 1. The van der Waals surface area contributed by atoms with Gasteiger partial charge in [0.1, 0.15) is 46.9 Å². The zero-order chi connectivity index (χ0) is 64.0. The maximum Gasteiger partial charge on any atom is 0.408 e. The van der Waals surface area contributed by atoms with Crippen molar-refractivity contribution >= 4 is 59.2 Å². The third kappa shape index (κ3) is 27.2. The fraction of sp³-hybridized carbons (Fsp3) is 0.515. The second kappa shape index (κ2) is 37.1. The van der Waals surface area contributed by atoms with Crippen molar-refractivity contribution in [1.29, 1.82) is 0 Å². The number of hydrogen-bond donors (Lipinski definition) is 7. The number of carboxylic acid groups (broad SMARTS) is 2. The molecule has 3 aliphatic rings. The lowest BCUT2D eigenvalue weighted by atomic mass is 10.0. The molecule has 472 valence electrons. The van der Waals surface area contributed by atoms with Crippen LogP contribution in [0.5, 0.6) is 5.75 Å².